The van der Waals surface area contributed by atoms with Crippen LogP contribution in [-0.4, -0.2) is 11.7 Å². The van der Waals surface area contributed by atoms with Crippen molar-refractivity contribution in [2.45, 2.75) is 25.8 Å². The minimum atomic E-state index is -0.257. The molecule has 3 nitrogen and oxygen atoms in total. The summed E-state index contributed by atoms with van der Waals surface area (Å²) in [5.41, 5.74) is 3.04. The highest BCUT2D eigenvalue weighted by molar-refractivity contribution is 6.03. The molecule has 3 heteroatoms. The molecule has 2 atom stereocenters. The van der Waals surface area contributed by atoms with Crippen molar-refractivity contribution < 1.29 is 9.59 Å². The number of amides is 1. The van der Waals surface area contributed by atoms with Crippen LogP contribution in [0.25, 0.3) is 0 Å². The highest BCUT2D eigenvalue weighted by atomic mass is 16.1. The summed E-state index contributed by atoms with van der Waals surface area (Å²) in [4.78, 5) is 25.5. The molecule has 136 valence electrons. The smallest absolute Gasteiger partial charge is 0.251 e. The third-order valence-electron chi connectivity index (χ3n) is 4.75. The summed E-state index contributed by atoms with van der Waals surface area (Å²) in [7, 11) is 0. The SMILES string of the molecule is C[C@H](NC(=O)c1cccc(C(=O)[C@H](C)c2ccccc2)c1)c1ccccc1. The fourth-order valence-electron chi connectivity index (χ4n) is 3.06. The van der Waals surface area contributed by atoms with E-state index in [4.69, 9.17) is 0 Å². The van der Waals surface area contributed by atoms with Crippen molar-refractivity contribution in [1.29, 1.82) is 0 Å². The maximum absolute atomic E-state index is 12.8. The Hall–Kier alpha value is -3.20. The first-order valence-corrected chi connectivity index (χ1v) is 9.11. The van der Waals surface area contributed by atoms with E-state index in [2.05, 4.69) is 5.32 Å². The lowest BCUT2D eigenvalue weighted by molar-refractivity contribution is 0.0940. The number of hydrogen-bond donors (Lipinski definition) is 1. The molecule has 0 heterocycles. The molecule has 0 unspecified atom stereocenters. The van der Waals surface area contributed by atoms with Gasteiger partial charge in [0.05, 0.1) is 6.04 Å². The van der Waals surface area contributed by atoms with Crippen LogP contribution in [-0.2, 0) is 0 Å². The molecular weight excluding hydrogens is 334 g/mol. The number of hydrogen-bond acceptors (Lipinski definition) is 2. The first-order chi connectivity index (χ1) is 13.1. The van der Waals surface area contributed by atoms with Crippen LogP contribution in [0.5, 0.6) is 0 Å². The molecule has 0 aliphatic heterocycles. The first-order valence-electron chi connectivity index (χ1n) is 9.11. The molecule has 1 amide bonds. The Morgan fingerprint density at radius 2 is 1.26 bits per heavy atom. The highest BCUT2D eigenvalue weighted by Gasteiger charge is 2.19. The van der Waals surface area contributed by atoms with E-state index in [1.165, 1.54) is 0 Å². The standard InChI is InChI=1S/C24H23NO2/c1-17(19-10-5-3-6-11-19)23(26)21-14-9-15-22(16-21)24(27)25-18(2)20-12-7-4-8-13-20/h3-18H,1-2H3,(H,25,27)/t17-,18+/m1/s1. The van der Waals surface area contributed by atoms with Crippen LogP contribution in [0, 0.1) is 0 Å². The Bertz CT molecular complexity index is 919. The molecule has 0 saturated carbocycles. The monoisotopic (exact) mass is 357 g/mol. The van der Waals surface area contributed by atoms with Crippen LogP contribution in [0.4, 0.5) is 0 Å². The zero-order valence-electron chi connectivity index (χ0n) is 15.6. The van der Waals surface area contributed by atoms with Gasteiger partial charge in [0.25, 0.3) is 5.91 Å². The average Bonchev–Trinajstić information content (AvgIpc) is 2.74. The van der Waals surface area contributed by atoms with Crippen LogP contribution in [0.2, 0.25) is 0 Å². The summed E-state index contributed by atoms with van der Waals surface area (Å²) < 4.78 is 0. The maximum atomic E-state index is 12.8. The van der Waals surface area contributed by atoms with Crippen molar-refractivity contribution in [2.75, 3.05) is 0 Å². The summed E-state index contributed by atoms with van der Waals surface area (Å²) in [5.74, 6) is -0.437. The number of carbonyl (C=O) groups excluding carboxylic acids is 2. The van der Waals surface area contributed by atoms with Crippen molar-refractivity contribution in [2.24, 2.45) is 0 Å². The van der Waals surface area contributed by atoms with Crippen molar-refractivity contribution in [1.82, 2.24) is 5.32 Å². The molecule has 0 fully saturated rings. The fraction of sp³-hybridized carbons (Fsp3) is 0.167. The molecule has 0 bridgehead atoms. The van der Waals surface area contributed by atoms with E-state index < -0.39 is 0 Å². The lowest BCUT2D eigenvalue weighted by atomic mass is 9.91. The third-order valence-corrected chi connectivity index (χ3v) is 4.75. The Kier molecular flexibility index (Phi) is 5.82. The molecule has 0 saturated heterocycles. The predicted molar refractivity (Wildman–Crippen MR) is 108 cm³/mol. The molecular formula is C24H23NO2. The largest absolute Gasteiger partial charge is 0.346 e. The van der Waals surface area contributed by atoms with Crippen molar-refractivity contribution in [3.8, 4) is 0 Å². The minimum absolute atomic E-state index is 0.00644. The van der Waals surface area contributed by atoms with Gasteiger partial charge < -0.3 is 5.32 Å². The molecule has 0 spiro atoms. The number of carbonyl (C=O) groups is 2. The number of Topliss-reactive ketones (excluding diaryl/α,β-unsaturated/α-hetero) is 1. The minimum Gasteiger partial charge on any atom is -0.346 e. The molecule has 0 aliphatic rings. The van der Waals surface area contributed by atoms with E-state index in [0.717, 1.165) is 11.1 Å². The number of ketones is 1. The Labute approximate surface area is 160 Å². The van der Waals surface area contributed by atoms with Gasteiger partial charge in [0, 0.05) is 17.0 Å². The number of rotatable bonds is 6. The van der Waals surface area contributed by atoms with E-state index in [-0.39, 0.29) is 23.7 Å². The Morgan fingerprint density at radius 3 is 1.89 bits per heavy atom. The van der Waals surface area contributed by atoms with Gasteiger partial charge in [-0.25, -0.2) is 0 Å². The predicted octanol–water partition coefficient (Wildman–Crippen LogP) is 5.16. The molecule has 0 radical (unpaired) electrons. The fourth-order valence-corrected chi connectivity index (χ4v) is 3.06. The van der Waals surface area contributed by atoms with Gasteiger partial charge in [-0.05, 0) is 30.2 Å². The van der Waals surface area contributed by atoms with E-state index >= 15 is 0 Å². The van der Waals surface area contributed by atoms with Gasteiger partial charge in [-0.2, -0.15) is 0 Å². The van der Waals surface area contributed by atoms with Crippen molar-refractivity contribution in [3.05, 3.63) is 107 Å². The van der Waals surface area contributed by atoms with Gasteiger partial charge in [0.15, 0.2) is 5.78 Å². The second kappa shape index (κ2) is 8.45. The molecule has 27 heavy (non-hydrogen) atoms. The summed E-state index contributed by atoms with van der Waals surface area (Å²) in [6.07, 6.45) is 0. The van der Waals surface area contributed by atoms with Gasteiger partial charge in [-0.15, -0.1) is 0 Å². The number of nitrogens with one attached hydrogen (secondary N) is 1. The first kappa shape index (κ1) is 18.6. The molecule has 0 aromatic heterocycles. The second-order valence-corrected chi connectivity index (χ2v) is 6.68. The van der Waals surface area contributed by atoms with E-state index in [9.17, 15) is 9.59 Å². The summed E-state index contributed by atoms with van der Waals surface area (Å²) >= 11 is 0. The van der Waals surface area contributed by atoms with Crippen LogP contribution >= 0.6 is 0 Å². The van der Waals surface area contributed by atoms with Crippen molar-refractivity contribution in [3.63, 3.8) is 0 Å². The highest BCUT2D eigenvalue weighted by Crippen LogP contribution is 2.21. The quantitative estimate of drug-likeness (QED) is 0.619. The summed E-state index contributed by atoms with van der Waals surface area (Å²) in [6.45, 7) is 3.83. The molecule has 0 aliphatic carbocycles. The van der Waals surface area contributed by atoms with Crippen LogP contribution < -0.4 is 5.32 Å². The van der Waals surface area contributed by atoms with Gasteiger partial charge in [-0.1, -0.05) is 79.7 Å². The van der Waals surface area contributed by atoms with Crippen molar-refractivity contribution >= 4 is 11.7 Å². The number of benzene rings is 3. The third kappa shape index (κ3) is 4.50. The molecule has 1 N–H and O–H groups in total. The van der Waals surface area contributed by atoms with Gasteiger partial charge >= 0.3 is 0 Å². The van der Waals surface area contributed by atoms with Crippen LogP contribution in [0.15, 0.2) is 84.9 Å². The Balaban J connectivity index is 1.75. The zero-order valence-corrected chi connectivity index (χ0v) is 15.6. The lowest BCUT2D eigenvalue weighted by Crippen LogP contribution is -2.26. The van der Waals surface area contributed by atoms with Gasteiger partial charge in [0.2, 0.25) is 0 Å². The van der Waals surface area contributed by atoms with Crippen LogP contribution in [0.3, 0.4) is 0 Å². The van der Waals surface area contributed by atoms with Gasteiger partial charge in [-0.3, -0.25) is 9.59 Å². The average molecular weight is 357 g/mol. The normalized spacial score (nSPS) is 12.8. The second-order valence-electron chi connectivity index (χ2n) is 6.68. The van der Waals surface area contributed by atoms with E-state index in [1.807, 2.05) is 74.5 Å². The van der Waals surface area contributed by atoms with E-state index in [0.29, 0.717) is 11.1 Å². The van der Waals surface area contributed by atoms with Gasteiger partial charge in [0.1, 0.15) is 0 Å². The summed E-state index contributed by atoms with van der Waals surface area (Å²) in [5, 5.41) is 2.99. The zero-order chi connectivity index (χ0) is 19.2. The molecule has 3 rings (SSSR count). The lowest BCUT2D eigenvalue weighted by Gasteiger charge is -2.15. The topological polar surface area (TPSA) is 46.2 Å². The van der Waals surface area contributed by atoms with Crippen LogP contribution in [0.1, 0.15) is 57.7 Å². The molecule has 3 aromatic rings. The summed E-state index contributed by atoms with van der Waals surface area (Å²) in [6, 6.07) is 26.3. The van der Waals surface area contributed by atoms with E-state index in [1.54, 1.807) is 24.3 Å². The molecule has 3 aromatic carbocycles. The Morgan fingerprint density at radius 1 is 0.704 bits per heavy atom. The maximum Gasteiger partial charge on any atom is 0.251 e.